The molecule has 0 aromatic heterocycles. The second-order valence-electron chi connectivity index (χ2n) is 9.00. The summed E-state index contributed by atoms with van der Waals surface area (Å²) in [5, 5.41) is 20.5. The number of rotatable bonds is 6. The monoisotopic (exact) mass is 518 g/mol. The fourth-order valence-corrected chi connectivity index (χ4v) is 4.77. The number of anilines is 1. The quantitative estimate of drug-likeness (QED) is 0.570. The Bertz CT molecular complexity index is 1270. The Kier molecular flexibility index (Phi) is 6.92. The van der Waals surface area contributed by atoms with Gasteiger partial charge in [-0.25, -0.2) is 4.39 Å². The summed E-state index contributed by atoms with van der Waals surface area (Å²) < 4.78 is 53.6. The second kappa shape index (κ2) is 9.82. The smallest absolute Gasteiger partial charge is 0.395 e. The molecule has 12 heteroatoms. The number of aliphatic hydroxyl groups is 1. The molecule has 1 spiro atoms. The predicted octanol–water partition coefficient (Wildman–Crippen LogP) is 2.35. The molecule has 2 aliphatic rings. The molecule has 0 unspecified atom stereocenters. The lowest BCUT2D eigenvalue weighted by Gasteiger charge is -2.56. The van der Waals surface area contributed by atoms with E-state index >= 15 is 0 Å². The summed E-state index contributed by atoms with van der Waals surface area (Å²) in [6.07, 6.45) is -4.70. The second-order valence-corrected chi connectivity index (χ2v) is 9.00. The summed E-state index contributed by atoms with van der Waals surface area (Å²) in [4.78, 5) is 41.7. The van der Waals surface area contributed by atoms with E-state index in [1.54, 1.807) is 6.07 Å². The first-order valence-electron chi connectivity index (χ1n) is 11.4. The lowest BCUT2D eigenvalue weighted by atomic mass is 9.64. The van der Waals surface area contributed by atoms with Gasteiger partial charge in [0.2, 0.25) is 11.8 Å². The summed E-state index contributed by atoms with van der Waals surface area (Å²) in [5.41, 5.74) is -2.20. The van der Waals surface area contributed by atoms with Crippen LogP contribution in [0.15, 0.2) is 42.5 Å². The van der Waals surface area contributed by atoms with Crippen molar-refractivity contribution in [3.05, 3.63) is 65.0 Å². The number of benzene rings is 2. The zero-order chi connectivity index (χ0) is 27.0. The van der Waals surface area contributed by atoms with Crippen molar-refractivity contribution in [3.8, 4) is 6.07 Å². The van der Waals surface area contributed by atoms with Gasteiger partial charge in [-0.2, -0.15) is 18.4 Å². The SMILES string of the molecule is N#Cc1ccc(N2CC(=O)N(Cc3ccc(C(F)(F)F)cc3)[C@]3(C[C@@H](C(=O)NCCO)C3)C2=O)c(F)c1. The van der Waals surface area contributed by atoms with Gasteiger partial charge >= 0.3 is 6.18 Å². The molecule has 2 aromatic rings. The average molecular weight is 518 g/mol. The van der Waals surface area contributed by atoms with E-state index in [4.69, 9.17) is 10.4 Å². The normalized spacial score (nSPS) is 21.6. The molecule has 2 aromatic carbocycles. The number of alkyl halides is 3. The number of hydrogen-bond donors (Lipinski definition) is 2. The van der Waals surface area contributed by atoms with Crippen LogP contribution in [-0.2, 0) is 27.1 Å². The molecule has 2 fully saturated rings. The van der Waals surface area contributed by atoms with Gasteiger partial charge in [0.05, 0.1) is 29.5 Å². The van der Waals surface area contributed by atoms with Crippen LogP contribution in [0, 0.1) is 23.1 Å². The molecule has 37 heavy (non-hydrogen) atoms. The number of halogens is 4. The van der Waals surface area contributed by atoms with E-state index in [9.17, 15) is 31.9 Å². The van der Waals surface area contributed by atoms with Crippen LogP contribution in [-0.4, -0.2) is 53.0 Å². The molecule has 1 aliphatic carbocycles. The number of aliphatic hydroxyl groups excluding tert-OH is 1. The highest BCUT2D eigenvalue weighted by Crippen LogP contribution is 2.47. The maximum atomic E-state index is 14.8. The van der Waals surface area contributed by atoms with Gasteiger partial charge in [0.1, 0.15) is 17.9 Å². The minimum Gasteiger partial charge on any atom is -0.395 e. The topological polar surface area (TPSA) is 114 Å². The van der Waals surface area contributed by atoms with Crippen LogP contribution in [0.25, 0.3) is 0 Å². The summed E-state index contributed by atoms with van der Waals surface area (Å²) >= 11 is 0. The molecule has 0 bridgehead atoms. The minimum absolute atomic E-state index is 0.00700. The van der Waals surface area contributed by atoms with Gasteiger partial charge in [0.25, 0.3) is 5.91 Å². The van der Waals surface area contributed by atoms with Crippen LogP contribution < -0.4 is 10.2 Å². The Morgan fingerprint density at radius 3 is 2.41 bits per heavy atom. The number of carbonyl (C=O) groups is 3. The Morgan fingerprint density at radius 2 is 1.84 bits per heavy atom. The number of nitriles is 1. The largest absolute Gasteiger partial charge is 0.416 e. The van der Waals surface area contributed by atoms with Gasteiger partial charge in [-0.1, -0.05) is 12.1 Å². The molecule has 1 heterocycles. The molecule has 2 N–H and O–H groups in total. The first-order valence-corrected chi connectivity index (χ1v) is 11.4. The van der Waals surface area contributed by atoms with Gasteiger partial charge in [-0.15, -0.1) is 0 Å². The van der Waals surface area contributed by atoms with Crippen molar-refractivity contribution in [1.82, 2.24) is 10.2 Å². The van der Waals surface area contributed by atoms with Crippen molar-refractivity contribution in [2.24, 2.45) is 5.92 Å². The van der Waals surface area contributed by atoms with Crippen molar-refractivity contribution in [1.29, 1.82) is 5.26 Å². The maximum absolute atomic E-state index is 14.8. The van der Waals surface area contributed by atoms with E-state index < -0.39 is 53.3 Å². The Hall–Kier alpha value is -3.98. The Balaban J connectivity index is 1.65. The molecule has 3 amide bonds. The summed E-state index contributed by atoms with van der Waals surface area (Å²) in [6, 6.07) is 9.45. The van der Waals surface area contributed by atoms with E-state index in [0.717, 1.165) is 23.1 Å². The third kappa shape index (κ3) is 4.86. The van der Waals surface area contributed by atoms with Gasteiger partial charge < -0.3 is 15.3 Å². The summed E-state index contributed by atoms with van der Waals surface area (Å²) in [5.74, 6) is -3.16. The highest BCUT2D eigenvalue weighted by atomic mass is 19.4. The molecule has 0 atom stereocenters. The summed E-state index contributed by atoms with van der Waals surface area (Å²) in [7, 11) is 0. The lowest BCUT2D eigenvalue weighted by molar-refractivity contribution is -0.165. The van der Waals surface area contributed by atoms with E-state index in [1.165, 1.54) is 29.2 Å². The molecule has 8 nitrogen and oxygen atoms in total. The van der Waals surface area contributed by atoms with Crippen molar-refractivity contribution < 1.29 is 37.1 Å². The zero-order valence-corrected chi connectivity index (χ0v) is 19.4. The molecule has 4 rings (SSSR count). The molecule has 1 saturated heterocycles. The highest BCUT2D eigenvalue weighted by molar-refractivity contribution is 6.10. The van der Waals surface area contributed by atoms with E-state index in [1.807, 2.05) is 0 Å². The molecular weight excluding hydrogens is 496 g/mol. The average Bonchev–Trinajstić information content (AvgIpc) is 2.83. The van der Waals surface area contributed by atoms with Crippen LogP contribution in [0.4, 0.5) is 23.2 Å². The third-order valence-electron chi connectivity index (χ3n) is 6.69. The molecule has 1 saturated carbocycles. The fraction of sp³-hybridized carbons (Fsp3) is 0.360. The highest BCUT2D eigenvalue weighted by Gasteiger charge is 2.61. The predicted molar refractivity (Wildman–Crippen MR) is 121 cm³/mol. The molecule has 1 aliphatic heterocycles. The maximum Gasteiger partial charge on any atom is 0.416 e. The van der Waals surface area contributed by atoms with Crippen molar-refractivity contribution in [3.63, 3.8) is 0 Å². The van der Waals surface area contributed by atoms with Crippen LogP contribution >= 0.6 is 0 Å². The Labute approximate surface area is 209 Å². The zero-order valence-electron chi connectivity index (χ0n) is 19.4. The number of amides is 3. The van der Waals surface area contributed by atoms with Gasteiger partial charge in [-0.3, -0.25) is 19.3 Å². The number of piperazine rings is 1. The first-order chi connectivity index (χ1) is 17.5. The van der Waals surface area contributed by atoms with Crippen LogP contribution in [0.1, 0.15) is 29.5 Å². The van der Waals surface area contributed by atoms with E-state index in [0.29, 0.717) is 5.56 Å². The van der Waals surface area contributed by atoms with E-state index in [-0.39, 0.29) is 43.8 Å². The van der Waals surface area contributed by atoms with Crippen LogP contribution in [0.5, 0.6) is 0 Å². The van der Waals surface area contributed by atoms with Gasteiger partial charge in [0, 0.05) is 19.0 Å². The number of nitrogens with one attached hydrogen (secondary N) is 1. The Morgan fingerprint density at radius 1 is 1.16 bits per heavy atom. The molecular formula is C25H22F4N4O4. The van der Waals surface area contributed by atoms with Gasteiger partial charge in [0.15, 0.2) is 0 Å². The van der Waals surface area contributed by atoms with Crippen LogP contribution in [0.3, 0.4) is 0 Å². The van der Waals surface area contributed by atoms with Crippen molar-refractivity contribution in [2.45, 2.75) is 31.1 Å². The number of hydrogen-bond acceptors (Lipinski definition) is 5. The summed E-state index contributed by atoms with van der Waals surface area (Å²) in [6.45, 7) is -0.983. The van der Waals surface area contributed by atoms with Crippen LogP contribution in [0.2, 0.25) is 0 Å². The van der Waals surface area contributed by atoms with Crippen molar-refractivity contribution in [2.75, 3.05) is 24.6 Å². The van der Waals surface area contributed by atoms with Gasteiger partial charge in [-0.05, 0) is 48.7 Å². The fourth-order valence-electron chi connectivity index (χ4n) is 4.77. The standard InChI is InChI=1S/C25H22F4N4O4/c26-19-9-16(12-30)3-6-20(19)32-14-21(35)33(13-15-1-4-18(5-2-15)25(27,28)29)24(23(32)37)10-17(11-24)22(36)31-7-8-34/h1-6,9,17,34H,7-8,10-11,13-14H2,(H,31,36)/t17-,24+. The number of nitrogens with zero attached hydrogens (tertiary/aromatic N) is 3. The molecule has 194 valence electrons. The first kappa shape index (κ1) is 26.1. The third-order valence-corrected chi connectivity index (χ3v) is 6.69. The lowest BCUT2D eigenvalue weighted by Crippen LogP contribution is -2.73. The minimum atomic E-state index is -4.54. The number of carbonyl (C=O) groups excluding carboxylic acids is 3. The van der Waals surface area contributed by atoms with E-state index in [2.05, 4.69) is 5.32 Å². The van der Waals surface area contributed by atoms with Crippen molar-refractivity contribution >= 4 is 23.4 Å². The molecule has 0 radical (unpaired) electrons.